The van der Waals surface area contributed by atoms with Crippen LogP contribution in [0.4, 0.5) is 10.5 Å². The summed E-state index contributed by atoms with van der Waals surface area (Å²) in [4.78, 5) is 22.1. The minimum absolute atomic E-state index is 0.0377. The van der Waals surface area contributed by atoms with Crippen molar-refractivity contribution in [3.8, 4) is 0 Å². The highest BCUT2D eigenvalue weighted by Gasteiger charge is 2.05. The molecule has 6 heteroatoms. The maximum Gasteiger partial charge on any atom is 0.321 e. The van der Waals surface area contributed by atoms with E-state index in [-0.39, 0.29) is 6.54 Å². The highest BCUT2D eigenvalue weighted by molar-refractivity contribution is 9.10. The summed E-state index contributed by atoms with van der Waals surface area (Å²) < 4.78 is 0.864. The molecule has 0 atom stereocenters. The molecular formula is C10H12BrN3O2. The topological polar surface area (TPSA) is 70.2 Å². The molecule has 0 aliphatic rings. The maximum atomic E-state index is 11.2. The Morgan fingerprint density at radius 3 is 2.62 bits per heavy atom. The molecule has 0 saturated carbocycles. The van der Waals surface area contributed by atoms with E-state index in [2.05, 4.69) is 31.9 Å². The van der Waals surface area contributed by atoms with Crippen molar-refractivity contribution in [3.05, 3.63) is 28.7 Å². The first kappa shape index (κ1) is 12.5. The third-order valence-corrected chi connectivity index (χ3v) is 2.48. The number of amides is 3. The summed E-state index contributed by atoms with van der Waals surface area (Å²) in [7, 11) is 1.45. The van der Waals surface area contributed by atoms with Crippen LogP contribution in [0.5, 0.6) is 0 Å². The molecule has 1 aromatic rings. The Labute approximate surface area is 102 Å². The zero-order chi connectivity index (χ0) is 12.0. The van der Waals surface area contributed by atoms with Crippen molar-refractivity contribution >= 4 is 33.6 Å². The van der Waals surface area contributed by atoms with Crippen LogP contribution in [-0.4, -0.2) is 25.5 Å². The van der Waals surface area contributed by atoms with Gasteiger partial charge in [-0.2, -0.15) is 0 Å². The van der Waals surface area contributed by atoms with Crippen molar-refractivity contribution in [2.24, 2.45) is 0 Å². The third kappa shape index (κ3) is 3.90. The van der Waals surface area contributed by atoms with Crippen molar-refractivity contribution < 1.29 is 9.59 Å². The molecule has 5 nitrogen and oxygen atoms in total. The van der Waals surface area contributed by atoms with Crippen molar-refractivity contribution in [2.45, 2.75) is 0 Å². The van der Waals surface area contributed by atoms with Crippen molar-refractivity contribution in [1.29, 1.82) is 0 Å². The fraction of sp³-hybridized carbons (Fsp3) is 0.200. The number of benzene rings is 1. The summed E-state index contributed by atoms with van der Waals surface area (Å²) in [5, 5.41) is 7.35. The minimum Gasteiger partial charge on any atom is -0.375 e. The Balaban J connectivity index is 2.43. The highest BCUT2D eigenvalue weighted by atomic mass is 79.9. The van der Waals surface area contributed by atoms with Crippen LogP contribution >= 0.6 is 15.9 Å². The molecule has 0 heterocycles. The number of para-hydroxylation sites is 1. The van der Waals surface area contributed by atoms with E-state index in [4.69, 9.17) is 0 Å². The van der Waals surface area contributed by atoms with E-state index in [1.807, 2.05) is 24.3 Å². The normalized spacial score (nSPS) is 9.38. The van der Waals surface area contributed by atoms with Gasteiger partial charge < -0.3 is 10.6 Å². The SMILES string of the molecule is CNC(=O)NC(=O)CNc1ccccc1Br. The van der Waals surface area contributed by atoms with Gasteiger partial charge >= 0.3 is 6.03 Å². The standard InChI is InChI=1S/C10H12BrN3O2/c1-12-10(16)14-9(15)6-13-8-5-3-2-4-7(8)11/h2-5,13H,6H2,1H3,(H2,12,14,15,16). The van der Waals surface area contributed by atoms with E-state index in [1.165, 1.54) is 7.05 Å². The number of hydrogen-bond donors (Lipinski definition) is 3. The van der Waals surface area contributed by atoms with Gasteiger partial charge in [-0.3, -0.25) is 10.1 Å². The summed E-state index contributed by atoms with van der Waals surface area (Å²) >= 11 is 3.34. The lowest BCUT2D eigenvalue weighted by Gasteiger charge is -2.07. The van der Waals surface area contributed by atoms with Gasteiger partial charge in [-0.1, -0.05) is 12.1 Å². The monoisotopic (exact) mass is 285 g/mol. The van der Waals surface area contributed by atoms with Crippen LogP contribution in [0.1, 0.15) is 0 Å². The predicted molar refractivity (Wildman–Crippen MR) is 65.2 cm³/mol. The molecule has 1 aromatic carbocycles. The number of carbonyl (C=O) groups excluding carboxylic acids is 2. The van der Waals surface area contributed by atoms with Crippen LogP contribution in [-0.2, 0) is 4.79 Å². The fourth-order valence-corrected chi connectivity index (χ4v) is 1.44. The third-order valence-electron chi connectivity index (χ3n) is 1.79. The molecule has 0 aliphatic heterocycles. The molecule has 0 fully saturated rings. The summed E-state index contributed by atoms with van der Waals surface area (Å²) in [5.74, 6) is -0.393. The number of anilines is 1. The molecule has 86 valence electrons. The number of carbonyl (C=O) groups is 2. The Morgan fingerprint density at radius 1 is 1.31 bits per heavy atom. The lowest BCUT2D eigenvalue weighted by atomic mass is 10.3. The highest BCUT2D eigenvalue weighted by Crippen LogP contribution is 2.20. The number of urea groups is 1. The van der Waals surface area contributed by atoms with Gasteiger partial charge in [0.05, 0.1) is 6.54 Å². The quantitative estimate of drug-likeness (QED) is 0.784. The minimum atomic E-state index is -0.515. The number of imide groups is 1. The molecule has 0 aliphatic carbocycles. The molecule has 0 saturated heterocycles. The van der Waals surface area contributed by atoms with Gasteiger partial charge in [0.25, 0.3) is 0 Å². The molecule has 0 unspecified atom stereocenters. The zero-order valence-corrected chi connectivity index (χ0v) is 10.3. The molecule has 3 N–H and O–H groups in total. The van der Waals surface area contributed by atoms with E-state index >= 15 is 0 Å². The van der Waals surface area contributed by atoms with E-state index < -0.39 is 11.9 Å². The average molecular weight is 286 g/mol. The Morgan fingerprint density at radius 2 is 2.00 bits per heavy atom. The molecule has 0 radical (unpaired) electrons. The molecule has 1 rings (SSSR count). The van der Waals surface area contributed by atoms with Crippen LogP contribution in [0.15, 0.2) is 28.7 Å². The first-order valence-corrected chi connectivity index (χ1v) is 5.42. The second-order valence-electron chi connectivity index (χ2n) is 2.96. The van der Waals surface area contributed by atoms with Gasteiger partial charge in [-0.25, -0.2) is 4.79 Å². The van der Waals surface area contributed by atoms with Crippen LogP contribution in [0.25, 0.3) is 0 Å². The van der Waals surface area contributed by atoms with Crippen LogP contribution in [0, 0.1) is 0 Å². The number of nitrogens with one attached hydrogen (secondary N) is 3. The maximum absolute atomic E-state index is 11.2. The summed E-state index contributed by atoms with van der Waals surface area (Å²) in [5.41, 5.74) is 0.801. The van der Waals surface area contributed by atoms with Crippen molar-refractivity contribution in [2.75, 3.05) is 18.9 Å². The van der Waals surface area contributed by atoms with Crippen LogP contribution in [0.3, 0.4) is 0 Å². The number of rotatable bonds is 3. The second kappa shape index (κ2) is 6.12. The zero-order valence-electron chi connectivity index (χ0n) is 8.71. The summed E-state index contributed by atoms with van der Waals surface area (Å²) in [6.07, 6.45) is 0. The van der Waals surface area contributed by atoms with Gasteiger partial charge in [0.15, 0.2) is 0 Å². The molecular weight excluding hydrogens is 274 g/mol. The first-order valence-electron chi connectivity index (χ1n) is 4.63. The molecule has 3 amide bonds. The van der Waals surface area contributed by atoms with Crippen LogP contribution in [0.2, 0.25) is 0 Å². The predicted octanol–water partition coefficient (Wildman–Crippen LogP) is 1.32. The van der Waals surface area contributed by atoms with Gasteiger partial charge in [0, 0.05) is 17.2 Å². The molecule has 0 spiro atoms. The van der Waals surface area contributed by atoms with E-state index in [0.717, 1.165) is 10.2 Å². The van der Waals surface area contributed by atoms with Gasteiger partial charge in [-0.05, 0) is 28.1 Å². The van der Waals surface area contributed by atoms with Crippen LogP contribution < -0.4 is 16.0 Å². The Kier molecular flexibility index (Phi) is 4.78. The van der Waals surface area contributed by atoms with Crippen molar-refractivity contribution in [1.82, 2.24) is 10.6 Å². The Bertz CT molecular complexity index is 395. The van der Waals surface area contributed by atoms with E-state index in [0.29, 0.717) is 0 Å². The van der Waals surface area contributed by atoms with Gasteiger partial charge in [0.1, 0.15) is 0 Å². The molecule has 16 heavy (non-hydrogen) atoms. The van der Waals surface area contributed by atoms with E-state index in [1.54, 1.807) is 0 Å². The van der Waals surface area contributed by atoms with E-state index in [9.17, 15) is 9.59 Å². The molecule has 0 aromatic heterocycles. The summed E-state index contributed by atoms with van der Waals surface area (Å²) in [6, 6.07) is 6.90. The number of hydrogen-bond acceptors (Lipinski definition) is 3. The first-order chi connectivity index (χ1) is 7.63. The van der Waals surface area contributed by atoms with Gasteiger partial charge in [0.2, 0.25) is 5.91 Å². The number of halogens is 1. The lowest BCUT2D eigenvalue weighted by Crippen LogP contribution is -2.40. The second-order valence-corrected chi connectivity index (χ2v) is 3.82. The summed E-state index contributed by atoms with van der Waals surface area (Å²) in [6.45, 7) is 0.0377. The lowest BCUT2D eigenvalue weighted by molar-refractivity contribution is -0.118. The smallest absolute Gasteiger partial charge is 0.321 e. The fourth-order valence-electron chi connectivity index (χ4n) is 1.01. The largest absolute Gasteiger partial charge is 0.375 e. The van der Waals surface area contributed by atoms with Gasteiger partial charge in [-0.15, -0.1) is 0 Å². The molecule has 0 bridgehead atoms. The average Bonchev–Trinajstić information content (AvgIpc) is 2.28. The Hall–Kier alpha value is -1.56. The van der Waals surface area contributed by atoms with Crippen molar-refractivity contribution in [3.63, 3.8) is 0 Å².